The third kappa shape index (κ3) is 5.47. The lowest BCUT2D eigenvalue weighted by Crippen LogP contribution is -2.28. The predicted octanol–water partition coefficient (Wildman–Crippen LogP) is 1.43. The summed E-state index contributed by atoms with van der Waals surface area (Å²) in [6, 6.07) is 14.6. The number of anilines is 1. The summed E-state index contributed by atoms with van der Waals surface area (Å²) in [5.74, 6) is -1.64. The number of rotatable bonds is 8. The Morgan fingerprint density at radius 2 is 1.80 bits per heavy atom. The molecule has 0 bridgehead atoms. The molecule has 0 saturated carbocycles. The third-order valence-corrected chi connectivity index (χ3v) is 4.16. The minimum Gasteiger partial charge on any atom is -0.465 e. The summed E-state index contributed by atoms with van der Waals surface area (Å²) in [6.07, 6.45) is 1.62. The van der Waals surface area contributed by atoms with E-state index in [0.29, 0.717) is 17.7 Å². The summed E-state index contributed by atoms with van der Waals surface area (Å²) >= 11 is 0. The lowest BCUT2D eigenvalue weighted by Gasteiger charge is -2.15. The molecule has 1 heterocycles. The van der Waals surface area contributed by atoms with Crippen LogP contribution in [0.2, 0.25) is 0 Å². The molecule has 0 spiro atoms. The number of nitrogens with one attached hydrogen (secondary N) is 1. The molecule has 1 aromatic heterocycles. The Hall–Kier alpha value is -4.08. The van der Waals surface area contributed by atoms with Crippen molar-refractivity contribution in [2.24, 2.45) is 0 Å². The molecule has 0 fully saturated rings. The second-order valence-electron chi connectivity index (χ2n) is 6.22. The van der Waals surface area contributed by atoms with Crippen molar-refractivity contribution in [3.63, 3.8) is 0 Å². The maximum Gasteiger partial charge on any atom is 0.337 e. The van der Waals surface area contributed by atoms with Crippen molar-refractivity contribution in [3.05, 3.63) is 72.1 Å². The van der Waals surface area contributed by atoms with Crippen LogP contribution >= 0.6 is 0 Å². The molecule has 0 aliphatic heterocycles. The van der Waals surface area contributed by atoms with E-state index in [2.05, 4.69) is 25.6 Å². The van der Waals surface area contributed by atoms with Crippen LogP contribution in [0.3, 0.4) is 0 Å². The van der Waals surface area contributed by atoms with Gasteiger partial charge in [0.15, 0.2) is 12.6 Å². The van der Waals surface area contributed by atoms with Crippen LogP contribution in [-0.2, 0) is 25.5 Å². The highest BCUT2D eigenvalue weighted by atomic mass is 16.5. The fourth-order valence-electron chi connectivity index (χ4n) is 2.67. The number of carbonyl (C=O) groups excluding carboxylic acids is 3. The van der Waals surface area contributed by atoms with Crippen LogP contribution < -0.4 is 5.32 Å². The molecule has 0 saturated heterocycles. The Morgan fingerprint density at radius 3 is 2.43 bits per heavy atom. The lowest BCUT2D eigenvalue weighted by atomic mass is 10.1. The number of methoxy groups -OCH3 is 1. The van der Waals surface area contributed by atoms with Gasteiger partial charge >= 0.3 is 11.9 Å². The van der Waals surface area contributed by atoms with E-state index < -0.39 is 30.5 Å². The van der Waals surface area contributed by atoms with E-state index >= 15 is 0 Å². The molecular weight excluding hydrogens is 390 g/mol. The van der Waals surface area contributed by atoms with E-state index in [0.717, 1.165) is 5.56 Å². The number of nitrogens with zero attached hydrogens (tertiary/aromatic N) is 4. The van der Waals surface area contributed by atoms with Crippen molar-refractivity contribution < 1.29 is 23.9 Å². The number of benzene rings is 2. The Balaban J connectivity index is 1.58. The van der Waals surface area contributed by atoms with Crippen LogP contribution in [0, 0.1) is 0 Å². The quantitative estimate of drug-likeness (QED) is 0.554. The van der Waals surface area contributed by atoms with E-state index in [4.69, 9.17) is 4.74 Å². The van der Waals surface area contributed by atoms with Gasteiger partial charge in [0.2, 0.25) is 0 Å². The van der Waals surface area contributed by atoms with Crippen molar-refractivity contribution in [1.82, 2.24) is 20.2 Å². The standard InChI is InChI=1S/C20H19N5O5/c1-29-19(27)15-7-9-16(10-8-15)22-18(26)12-30-20(28)17(25-13-21-23-24-25)11-14-5-3-2-4-6-14/h2-10,13,17H,11-12H2,1H3,(H,22,26)/t17-/m0/s1. The van der Waals surface area contributed by atoms with Gasteiger partial charge in [-0.1, -0.05) is 30.3 Å². The molecular formula is C20H19N5O5. The highest BCUT2D eigenvalue weighted by Gasteiger charge is 2.24. The Kier molecular flexibility index (Phi) is 6.83. The van der Waals surface area contributed by atoms with Crippen LogP contribution in [0.5, 0.6) is 0 Å². The zero-order valence-corrected chi connectivity index (χ0v) is 16.1. The van der Waals surface area contributed by atoms with E-state index in [9.17, 15) is 14.4 Å². The fraction of sp³-hybridized carbons (Fsp3) is 0.200. The van der Waals surface area contributed by atoms with Gasteiger partial charge in [-0.3, -0.25) is 4.79 Å². The largest absolute Gasteiger partial charge is 0.465 e. The smallest absolute Gasteiger partial charge is 0.337 e. The van der Waals surface area contributed by atoms with E-state index in [1.54, 1.807) is 12.1 Å². The molecule has 1 N–H and O–H groups in total. The van der Waals surface area contributed by atoms with Gasteiger partial charge in [-0.05, 0) is 40.3 Å². The third-order valence-electron chi connectivity index (χ3n) is 4.16. The maximum absolute atomic E-state index is 12.6. The van der Waals surface area contributed by atoms with Gasteiger partial charge in [-0.15, -0.1) is 5.10 Å². The highest BCUT2D eigenvalue weighted by molar-refractivity contribution is 5.94. The first-order valence-corrected chi connectivity index (χ1v) is 8.98. The van der Waals surface area contributed by atoms with Crippen LogP contribution in [0.4, 0.5) is 5.69 Å². The molecule has 1 atom stereocenters. The second kappa shape index (κ2) is 9.92. The number of aromatic nitrogens is 4. The SMILES string of the molecule is COC(=O)c1ccc(NC(=O)COC(=O)[C@H](Cc2ccccc2)n2cnnn2)cc1. The Morgan fingerprint density at radius 1 is 1.07 bits per heavy atom. The first-order chi connectivity index (χ1) is 14.6. The number of tetrazole rings is 1. The Bertz CT molecular complexity index is 990. The number of hydrogen-bond donors (Lipinski definition) is 1. The summed E-state index contributed by atoms with van der Waals surface area (Å²) in [6.45, 7) is -0.481. The summed E-state index contributed by atoms with van der Waals surface area (Å²) in [7, 11) is 1.28. The topological polar surface area (TPSA) is 125 Å². The molecule has 1 amide bonds. The van der Waals surface area contributed by atoms with Crippen molar-refractivity contribution >= 4 is 23.5 Å². The van der Waals surface area contributed by atoms with Gasteiger partial charge in [-0.2, -0.15) is 0 Å². The monoisotopic (exact) mass is 409 g/mol. The summed E-state index contributed by atoms with van der Waals surface area (Å²) < 4.78 is 11.1. The highest BCUT2D eigenvalue weighted by Crippen LogP contribution is 2.15. The minimum absolute atomic E-state index is 0.307. The van der Waals surface area contributed by atoms with Crippen LogP contribution in [0.15, 0.2) is 60.9 Å². The number of amides is 1. The predicted molar refractivity (Wildman–Crippen MR) is 104 cm³/mol. The maximum atomic E-state index is 12.6. The minimum atomic E-state index is -0.811. The molecule has 0 radical (unpaired) electrons. The van der Waals surface area contributed by atoms with E-state index in [-0.39, 0.29) is 0 Å². The molecule has 3 rings (SSSR count). The number of hydrogen-bond acceptors (Lipinski definition) is 8. The molecule has 154 valence electrons. The first-order valence-electron chi connectivity index (χ1n) is 8.98. The van der Waals surface area contributed by atoms with Gasteiger partial charge in [0.05, 0.1) is 12.7 Å². The van der Waals surface area contributed by atoms with Crippen LogP contribution in [0.1, 0.15) is 22.0 Å². The molecule has 10 nitrogen and oxygen atoms in total. The van der Waals surface area contributed by atoms with Gasteiger partial charge in [0.25, 0.3) is 5.91 Å². The van der Waals surface area contributed by atoms with Crippen molar-refractivity contribution in [2.75, 3.05) is 19.0 Å². The van der Waals surface area contributed by atoms with E-state index in [1.807, 2.05) is 30.3 Å². The molecule has 2 aromatic carbocycles. The number of ether oxygens (including phenoxy) is 2. The summed E-state index contributed by atoms with van der Waals surface area (Å²) in [5, 5.41) is 13.5. The molecule has 30 heavy (non-hydrogen) atoms. The van der Waals surface area contributed by atoms with Gasteiger partial charge in [-0.25, -0.2) is 14.3 Å². The molecule has 3 aromatic rings. The average molecular weight is 409 g/mol. The van der Waals surface area contributed by atoms with Gasteiger partial charge < -0.3 is 14.8 Å². The van der Waals surface area contributed by atoms with Crippen molar-refractivity contribution in [2.45, 2.75) is 12.5 Å². The Labute approximate surface area is 171 Å². The van der Waals surface area contributed by atoms with Crippen molar-refractivity contribution in [3.8, 4) is 0 Å². The van der Waals surface area contributed by atoms with Crippen LogP contribution in [-0.4, -0.2) is 51.8 Å². The summed E-state index contributed by atoms with van der Waals surface area (Å²) in [4.78, 5) is 36.2. The molecule has 0 aliphatic carbocycles. The zero-order valence-electron chi connectivity index (χ0n) is 16.1. The molecule has 10 heteroatoms. The summed E-state index contributed by atoms with van der Waals surface area (Å²) in [5.41, 5.74) is 1.70. The average Bonchev–Trinajstić information content (AvgIpc) is 3.31. The zero-order chi connectivity index (χ0) is 21.3. The van der Waals surface area contributed by atoms with Gasteiger partial charge in [0, 0.05) is 12.1 Å². The molecule has 0 unspecified atom stereocenters. The van der Waals surface area contributed by atoms with Crippen LogP contribution in [0.25, 0.3) is 0 Å². The number of esters is 2. The first kappa shape index (κ1) is 20.6. The fourth-order valence-corrected chi connectivity index (χ4v) is 2.67. The van der Waals surface area contributed by atoms with Gasteiger partial charge in [0.1, 0.15) is 6.33 Å². The van der Waals surface area contributed by atoms with E-state index in [1.165, 1.54) is 30.3 Å². The normalized spacial score (nSPS) is 11.4. The van der Waals surface area contributed by atoms with Crippen molar-refractivity contribution in [1.29, 1.82) is 0 Å². The number of carbonyl (C=O) groups is 3. The second-order valence-corrected chi connectivity index (χ2v) is 6.22. The molecule has 0 aliphatic rings. The lowest BCUT2D eigenvalue weighted by molar-refractivity contribution is -0.151.